The van der Waals surface area contributed by atoms with Gasteiger partial charge in [-0.2, -0.15) is 5.10 Å². The molecule has 0 saturated heterocycles. The number of hydrazone groups is 1. The highest BCUT2D eigenvalue weighted by Crippen LogP contribution is 2.19. The van der Waals surface area contributed by atoms with Gasteiger partial charge in [0.15, 0.2) is 0 Å². The number of nitrogens with one attached hydrogen (secondary N) is 1. The van der Waals surface area contributed by atoms with E-state index in [4.69, 9.17) is 5.73 Å². The molecule has 1 amide bonds. The number of amides is 1. The van der Waals surface area contributed by atoms with Gasteiger partial charge in [0.05, 0.1) is 5.71 Å². The van der Waals surface area contributed by atoms with Crippen LogP contribution in [0.2, 0.25) is 0 Å². The van der Waals surface area contributed by atoms with Gasteiger partial charge in [-0.1, -0.05) is 54.6 Å². The first-order valence-electron chi connectivity index (χ1n) is 6.38. The summed E-state index contributed by atoms with van der Waals surface area (Å²) in [6.45, 7) is 1.92. The summed E-state index contributed by atoms with van der Waals surface area (Å²) in [6, 6.07) is 18.3. The smallest absolute Gasteiger partial charge is 0.238 e. The van der Waals surface area contributed by atoms with Crippen LogP contribution in [0.15, 0.2) is 59.7 Å². The molecule has 0 saturated carbocycles. The largest absolute Gasteiger partial charge is 0.368 e. The summed E-state index contributed by atoms with van der Waals surface area (Å²) in [5.41, 5.74) is 11.8. The van der Waals surface area contributed by atoms with E-state index in [-0.39, 0.29) is 6.54 Å². The van der Waals surface area contributed by atoms with Crippen molar-refractivity contribution in [2.75, 3.05) is 6.54 Å². The first-order valence-corrected chi connectivity index (χ1v) is 6.38. The lowest BCUT2D eigenvalue weighted by Gasteiger charge is -2.05. The Bertz CT molecular complexity index is 603. The van der Waals surface area contributed by atoms with E-state index in [0.29, 0.717) is 0 Å². The van der Waals surface area contributed by atoms with E-state index in [1.165, 1.54) is 5.56 Å². The van der Waals surface area contributed by atoms with Crippen LogP contribution in [0, 0.1) is 0 Å². The van der Waals surface area contributed by atoms with E-state index in [0.717, 1.165) is 16.8 Å². The maximum atomic E-state index is 10.6. The Balaban J connectivity index is 2.10. The Hall–Kier alpha value is -2.62. The Morgan fingerprint density at radius 1 is 1.05 bits per heavy atom. The van der Waals surface area contributed by atoms with Crippen LogP contribution in [0.4, 0.5) is 0 Å². The van der Waals surface area contributed by atoms with Crippen LogP contribution in [0.1, 0.15) is 12.5 Å². The van der Waals surface area contributed by atoms with Crippen LogP contribution >= 0.6 is 0 Å². The number of hydrogen-bond acceptors (Lipinski definition) is 3. The normalized spacial score (nSPS) is 11.2. The van der Waals surface area contributed by atoms with Crippen molar-refractivity contribution < 1.29 is 4.79 Å². The van der Waals surface area contributed by atoms with Crippen molar-refractivity contribution in [3.8, 4) is 11.1 Å². The highest BCUT2D eigenvalue weighted by Gasteiger charge is 2.00. The number of nitrogens with two attached hydrogens (primary N) is 1. The third-order valence-electron chi connectivity index (χ3n) is 2.91. The average Bonchev–Trinajstić information content (AvgIpc) is 2.48. The van der Waals surface area contributed by atoms with Crippen molar-refractivity contribution in [2.24, 2.45) is 10.8 Å². The molecule has 2 rings (SSSR count). The molecule has 0 heterocycles. The van der Waals surface area contributed by atoms with Crippen molar-refractivity contribution in [2.45, 2.75) is 6.92 Å². The van der Waals surface area contributed by atoms with Crippen molar-refractivity contribution in [1.29, 1.82) is 0 Å². The summed E-state index contributed by atoms with van der Waals surface area (Å²) in [5, 5.41) is 4.10. The van der Waals surface area contributed by atoms with Crippen LogP contribution in [0.3, 0.4) is 0 Å². The summed E-state index contributed by atoms with van der Waals surface area (Å²) in [5.74, 6) is -0.430. The molecule has 20 heavy (non-hydrogen) atoms. The number of benzene rings is 2. The van der Waals surface area contributed by atoms with Gasteiger partial charge in [0.2, 0.25) is 5.91 Å². The van der Waals surface area contributed by atoms with Gasteiger partial charge in [0.1, 0.15) is 6.54 Å². The fourth-order valence-corrected chi connectivity index (χ4v) is 1.84. The maximum Gasteiger partial charge on any atom is 0.238 e. The highest BCUT2D eigenvalue weighted by atomic mass is 16.1. The second-order valence-electron chi connectivity index (χ2n) is 4.44. The predicted molar refractivity (Wildman–Crippen MR) is 81.3 cm³/mol. The molecule has 0 fully saturated rings. The predicted octanol–water partition coefficient (Wildman–Crippen LogP) is 2.15. The van der Waals surface area contributed by atoms with Crippen LogP contribution in [-0.2, 0) is 4.79 Å². The van der Waals surface area contributed by atoms with E-state index < -0.39 is 5.91 Å². The molecule has 0 bridgehead atoms. The fraction of sp³-hybridized carbons (Fsp3) is 0.125. The topological polar surface area (TPSA) is 67.5 Å². The quantitative estimate of drug-likeness (QED) is 0.644. The van der Waals surface area contributed by atoms with Crippen LogP contribution in [0.5, 0.6) is 0 Å². The molecule has 2 aromatic carbocycles. The second-order valence-corrected chi connectivity index (χ2v) is 4.44. The molecule has 0 aliphatic rings. The van der Waals surface area contributed by atoms with E-state index in [9.17, 15) is 4.79 Å². The fourth-order valence-electron chi connectivity index (χ4n) is 1.84. The van der Waals surface area contributed by atoms with Gasteiger partial charge < -0.3 is 11.2 Å². The zero-order valence-electron chi connectivity index (χ0n) is 11.3. The second kappa shape index (κ2) is 6.52. The van der Waals surface area contributed by atoms with E-state index in [2.05, 4.69) is 34.8 Å². The molecule has 4 nitrogen and oxygen atoms in total. The van der Waals surface area contributed by atoms with Gasteiger partial charge in [0.25, 0.3) is 0 Å². The van der Waals surface area contributed by atoms with E-state index in [1.54, 1.807) is 0 Å². The molecule has 0 radical (unpaired) electrons. The molecule has 0 aliphatic carbocycles. The Kier molecular flexibility index (Phi) is 4.50. The minimum atomic E-state index is -0.430. The van der Waals surface area contributed by atoms with Gasteiger partial charge >= 0.3 is 0 Å². The number of carbonyl (C=O) groups excluding carboxylic acids is 1. The summed E-state index contributed by atoms with van der Waals surface area (Å²) in [4.78, 5) is 10.6. The number of hydrogen-bond donors (Lipinski definition) is 2. The van der Waals surface area contributed by atoms with E-state index in [1.807, 2.05) is 37.3 Å². The van der Waals surface area contributed by atoms with Gasteiger partial charge in [0, 0.05) is 0 Å². The van der Waals surface area contributed by atoms with Crippen molar-refractivity contribution in [1.82, 2.24) is 5.43 Å². The first kappa shape index (κ1) is 13.8. The zero-order chi connectivity index (χ0) is 14.4. The minimum Gasteiger partial charge on any atom is -0.368 e. The maximum absolute atomic E-state index is 10.6. The number of carbonyl (C=O) groups is 1. The molecular formula is C16H17N3O. The van der Waals surface area contributed by atoms with Crippen LogP contribution in [0.25, 0.3) is 11.1 Å². The van der Waals surface area contributed by atoms with Crippen molar-refractivity contribution in [3.05, 3.63) is 60.2 Å². The average molecular weight is 267 g/mol. The number of nitrogens with zero attached hydrogens (tertiary/aromatic N) is 1. The molecule has 0 unspecified atom stereocenters. The summed E-state index contributed by atoms with van der Waals surface area (Å²) >= 11 is 0. The number of primary amides is 1. The van der Waals surface area contributed by atoms with Crippen LogP contribution < -0.4 is 11.2 Å². The molecular weight excluding hydrogens is 250 g/mol. The molecule has 3 N–H and O–H groups in total. The van der Waals surface area contributed by atoms with Gasteiger partial charge in [-0.15, -0.1) is 0 Å². The zero-order valence-corrected chi connectivity index (χ0v) is 11.3. The van der Waals surface area contributed by atoms with Crippen LogP contribution in [-0.4, -0.2) is 18.2 Å². The summed E-state index contributed by atoms with van der Waals surface area (Å²) in [7, 11) is 0. The lowest BCUT2D eigenvalue weighted by molar-refractivity contribution is -0.117. The molecule has 0 aliphatic heterocycles. The molecule has 2 aromatic rings. The molecule has 0 aromatic heterocycles. The third-order valence-corrected chi connectivity index (χ3v) is 2.91. The van der Waals surface area contributed by atoms with Gasteiger partial charge in [-0.05, 0) is 23.6 Å². The van der Waals surface area contributed by atoms with Gasteiger partial charge in [-0.25, -0.2) is 0 Å². The Morgan fingerprint density at radius 3 is 2.25 bits per heavy atom. The van der Waals surface area contributed by atoms with Gasteiger partial charge in [-0.3, -0.25) is 4.79 Å². The lowest BCUT2D eigenvalue weighted by atomic mass is 10.0. The Morgan fingerprint density at radius 2 is 1.65 bits per heavy atom. The standard InChI is InChI=1S/C16H17N3O/c1-12(19-18-11-16(17)20)13-7-9-15(10-8-13)14-5-3-2-4-6-14/h2-10,18H,11H2,1H3,(H2,17,20)/b19-12-. The van der Waals surface area contributed by atoms with Crippen molar-refractivity contribution in [3.63, 3.8) is 0 Å². The molecule has 0 atom stereocenters. The Labute approximate surface area is 118 Å². The summed E-state index contributed by atoms with van der Waals surface area (Å²) in [6.07, 6.45) is 0. The minimum absolute atomic E-state index is 0.0411. The summed E-state index contributed by atoms with van der Waals surface area (Å²) < 4.78 is 0. The first-order chi connectivity index (χ1) is 9.66. The monoisotopic (exact) mass is 267 g/mol. The lowest BCUT2D eigenvalue weighted by Crippen LogP contribution is -2.25. The SMILES string of the molecule is C/C(=N/NCC(N)=O)c1ccc(-c2ccccc2)cc1. The third kappa shape index (κ3) is 3.68. The molecule has 102 valence electrons. The highest BCUT2D eigenvalue weighted by molar-refractivity contribution is 5.99. The van der Waals surface area contributed by atoms with E-state index >= 15 is 0 Å². The van der Waals surface area contributed by atoms with Crippen molar-refractivity contribution >= 4 is 11.6 Å². The molecule has 0 spiro atoms. The molecule has 4 heteroatoms. The number of rotatable bonds is 5.